The minimum absolute atomic E-state index is 0.0433. The highest BCUT2D eigenvalue weighted by atomic mass is 19.1. The average Bonchev–Trinajstić information content (AvgIpc) is 3.04. The van der Waals surface area contributed by atoms with Crippen LogP contribution in [0.3, 0.4) is 0 Å². The first-order chi connectivity index (χ1) is 11.3. The first-order valence-electron chi connectivity index (χ1n) is 7.25. The third-order valence-corrected chi connectivity index (χ3v) is 4.12. The van der Waals surface area contributed by atoms with Crippen LogP contribution in [0.2, 0.25) is 0 Å². The number of nitriles is 1. The Labute approximate surface area is 138 Å². The van der Waals surface area contributed by atoms with Gasteiger partial charge in [-0.3, -0.25) is 9.69 Å². The summed E-state index contributed by atoms with van der Waals surface area (Å²) in [5.74, 6) is -0.128. The molecule has 0 radical (unpaired) electrons. The molecule has 2 aromatic rings. The van der Waals surface area contributed by atoms with Crippen molar-refractivity contribution in [3.8, 4) is 17.2 Å². The highest BCUT2D eigenvalue weighted by molar-refractivity contribution is 5.98. The molecule has 0 unspecified atom stereocenters. The summed E-state index contributed by atoms with van der Waals surface area (Å²) < 4.78 is 19.0. The normalized spacial score (nSPS) is 20.7. The van der Waals surface area contributed by atoms with Gasteiger partial charge in [0.05, 0.1) is 18.2 Å². The number of halogens is 1. The molecule has 3 rings (SSSR count). The summed E-state index contributed by atoms with van der Waals surface area (Å²) >= 11 is 0. The van der Waals surface area contributed by atoms with E-state index in [1.165, 1.54) is 23.3 Å². The molecule has 2 heterocycles. The second-order valence-electron chi connectivity index (χ2n) is 5.88. The average molecular weight is 326 g/mol. The lowest BCUT2D eigenvalue weighted by Gasteiger charge is -2.31. The van der Waals surface area contributed by atoms with Crippen molar-refractivity contribution >= 4 is 11.9 Å². The summed E-state index contributed by atoms with van der Waals surface area (Å²) in [4.78, 5) is 17.7. The summed E-state index contributed by atoms with van der Waals surface area (Å²) in [6.07, 6.45) is 1.62. The number of rotatable bonds is 2. The molecule has 1 aromatic carbocycles. The maximum atomic E-state index is 13.4. The number of aliphatic imine (C=N–C) groups is 1. The zero-order valence-electron chi connectivity index (χ0n) is 13.2. The van der Waals surface area contributed by atoms with E-state index in [2.05, 4.69) is 4.99 Å². The van der Waals surface area contributed by atoms with Crippen LogP contribution in [0.15, 0.2) is 39.9 Å². The number of furan rings is 1. The number of nitrogens with two attached hydrogens (primary N) is 1. The van der Waals surface area contributed by atoms with Crippen LogP contribution in [0.4, 0.5) is 4.39 Å². The highest BCUT2D eigenvalue weighted by Gasteiger charge is 2.38. The van der Waals surface area contributed by atoms with E-state index in [1.54, 1.807) is 32.2 Å². The lowest BCUT2D eigenvalue weighted by atomic mass is 9.92. The number of hydrogen-bond acceptors (Lipinski definition) is 5. The van der Waals surface area contributed by atoms with Crippen molar-refractivity contribution < 1.29 is 13.6 Å². The molecule has 1 amide bonds. The van der Waals surface area contributed by atoms with E-state index in [1.807, 2.05) is 0 Å². The number of nitrogens with zero attached hydrogens (tertiary/aromatic N) is 3. The van der Waals surface area contributed by atoms with Gasteiger partial charge in [0, 0.05) is 12.6 Å². The van der Waals surface area contributed by atoms with E-state index in [0.717, 1.165) is 0 Å². The van der Waals surface area contributed by atoms with Crippen molar-refractivity contribution in [3.05, 3.63) is 47.7 Å². The van der Waals surface area contributed by atoms with Crippen molar-refractivity contribution in [2.24, 2.45) is 10.7 Å². The summed E-state index contributed by atoms with van der Waals surface area (Å²) in [5.41, 5.74) is 6.16. The van der Waals surface area contributed by atoms with Crippen LogP contribution >= 0.6 is 0 Å². The molecule has 1 atom stereocenters. The Hall–Kier alpha value is -3.14. The number of hydrogen-bond donors (Lipinski definition) is 1. The molecule has 0 saturated carbocycles. The van der Waals surface area contributed by atoms with Gasteiger partial charge in [0.1, 0.15) is 23.2 Å². The van der Waals surface area contributed by atoms with E-state index in [4.69, 9.17) is 15.4 Å². The summed E-state index contributed by atoms with van der Waals surface area (Å²) in [5, 5.41) is 8.94. The SMILES string of the molecule is CN1C(=O)C[C@@](C)(c2cc(-c3ccc(F)c(C#N)c3)co2)N=C1N. The lowest BCUT2D eigenvalue weighted by molar-refractivity contribution is -0.128. The molecular formula is C17H15FN4O2. The lowest BCUT2D eigenvalue weighted by Crippen LogP contribution is -2.47. The van der Waals surface area contributed by atoms with Crippen molar-refractivity contribution in [1.29, 1.82) is 5.26 Å². The largest absolute Gasteiger partial charge is 0.466 e. The van der Waals surface area contributed by atoms with Crippen LogP contribution < -0.4 is 5.73 Å². The quantitative estimate of drug-likeness (QED) is 0.916. The van der Waals surface area contributed by atoms with E-state index < -0.39 is 11.4 Å². The first-order valence-corrected chi connectivity index (χ1v) is 7.25. The molecule has 0 aliphatic carbocycles. The van der Waals surface area contributed by atoms with Crippen molar-refractivity contribution in [1.82, 2.24) is 4.90 Å². The summed E-state index contributed by atoms with van der Waals surface area (Å²) in [6, 6.07) is 7.77. The van der Waals surface area contributed by atoms with Crippen molar-refractivity contribution in [2.45, 2.75) is 18.9 Å². The molecule has 24 heavy (non-hydrogen) atoms. The maximum absolute atomic E-state index is 13.4. The van der Waals surface area contributed by atoms with Crippen LogP contribution in [0, 0.1) is 17.1 Å². The molecule has 1 aliphatic heterocycles. The molecule has 0 fully saturated rings. The molecule has 1 aromatic heterocycles. The van der Waals surface area contributed by atoms with Gasteiger partial charge < -0.3 is 10.2 Å². The van der Waals surface area contributed by atoms with Gasteiger partial charge in [0.25, 0.3) is 0 Å². The smallest absolute Gasteiger partial charge is 0.231 e. The molecular weight excluding hydrogens is 311 g/mol. The van der Waals surface area contributed by atoms with Crippen LogP contribution in [0.1, 0.15) is 24.7 Å². The number of guanidine groups is 1. The molecule has 0 spiro atoms. The molecule has 122 valence electrons. The number of benzene rings is 1. The van der Waals surface area contributed by atoms with Crippen LogP contribution in [0.5, 0.6) is 0 Å². The maximum Gasteiger partial charge on any atom is 0.231 e. The number of carbonyl (C=O) groups is 1. The van der Waals surface area contributed by atoms with E-state index >= 15 is 0 Å². The van der Waals surface area contributed by atoms with Gasteiger partial charge in [-0.05, 0) is 30.7 Å². The Bertz CT molecular complexity index is 896. The van der Waals surface area contributed by atoms with Gasteiger partial charge in [0.15, 0.2) is 5.96 Å². The zero-order chi connectivity index (χ0) is 17.5. The topological polar surface area (TPSA) is 95.6 Å². The molecule has 1 aliphatic rings. The summed E-state index contributed by atoms with van der Waals surface area (Å²) in [6.45, 7) is 1.76. The number of carbonyl (C=O) groups excluding carboxylic acids is 1. The van der Waals surface area contributed by atoms with Crippen LogP contribution in [-0.2, 0) is 10.3 Å². The van der Waals surface area contributed by atoms with Gasteiger partial charge in [0.2, 0.25) is 5.91 Å². The van der Waals surface area contributed by atoms with Crippen molar-refractivity contribution in [2.75, 3.05) is 7.05 Å². The predicted molar refractivity (Wildman–Crippen MR) is 85.2 cm³/mol. The van der Waals surface area contributed by atoms with Gasteiger partial charge >= 0.3 is 0 Å². The highest BCUT2D eigenvalue weighted by Crippen LogP contribution is 2.36. The Morgan fingerprint density at radius 2 is 2.17 bits per heavy atom. The fraction of sp³-hybridized carbons (Fsp3) is 0.235. The zero-order valence-corrected chi connectivity index (χ0v) is 13.2. The number of amides is 1. The van der Waals surface area contributed by atoms with Crippen LogP contribution in [-0.4, -0.2) is 23.8 Å². The molecule has 0 saturated heterocycles. The van der Waals surface area contributed by atoms with Gasteiger partial charge in [-0.1, -0.05) is 6.07 Å². The summed E-state index contributed by atoms with van der Waals surface area (Å²) in [7, 11) is 1.57. The molecule has 7 heteroatoms. The Balaban J connectivity index is 2.00. The van der Waals surface area contributed by atoms with Gasteiger partial charge in [-0.2, -0.15) is 5.26 Å². The third-order valence-electron chi connectivity index (χ3n) is 4.12. The molecule has 6 nitrogen and oxygen atoms in total. The van der Waals surface area contributed by atoms with E-state index in [0.29, 0.717) is 16.9 Å². The Morgan fingerprint density at radius 1 is 1.42 bits per heavy atom. The Kier molecular flexibility index (Phi) is 3.60. The van der Waals surface area contributed by atoms with E-state index in [-0.39, 0.29) is 23.9 Å². The van der Waals surface area contributed by atoms with Crippen molar-refractivity contribution in [3.63, 3.8) is 0 Å². The van der Waals surface area contributed by atoms with Crippen LogP contribution in [0.25, 0.3) is 11.1 Å². The fourth-order valence-electron chi connectivity index (χ4n) is 2.61. The van der Waals surface area contributed by atoms with Gasteiger partial charge in [-0.15, -0.1) is 0 Å². The second-order valence-corrected chi connectivity index (χ2v) is 5.88. The first kappa shape index (κ1) is 15.7. The molecule has 2 N–H and O–H groups in total. The second kappa shape index (κ2) is 5.49. The van der Waals surface area contributed by atoms with E-state index in [9.17, 15) is 9.18 Å². The minimum atomic E-state index is -0.899. The third kappa shape index (κ3) is 2.52. The molecule has 0 bridgehead atoms. The fourth-order valence-corrected chi connectivity index (χ4v) is 2.61. The predicted octanol–water partition coefficient (Wildman–Crippen LogP) is 2.35. The standard InChI is InChI=1S/C17H15FN4O2/c1-17(7-15(23)22(2)16(20)21-17)14-6-12(9-24-14)10-3-4-13(18)11(5-10)8-19/h3-6,9H,7H2,1-2H3,(H2,20,21)/t17-/m0/s1. The van der Waals surface area contributed by atoms with Gasteiger partial charge in [-0.25, -0.2) is 9.38 Å². The monoisotopic (exact) mass is 326 g/mol. The minimum Gasteiger partial charge on any atom is -0.466 e. The Morgan fingerprint density at radius 3 is 2.83 bits per heavy atom.